The van der Waals surface area contributed by atoms with E-state index >= 15 is 0 Å². The Bertz CT molecular complexity index is 414. The number of phenolic OH excluding ortho intramolecular Hbond substituents is 1. The van der Waals surface area contributed by atoms with Crippen molar-refractivity contribution >= 4 is 11.8 Å². The van der Waals surface area contributed by atoms with E-state index in [1.165, 1.54) is 0 Å². The Hall–Kier alpha value is -1.84. The van der Waals surface area contributed by atoms with E-state index in [-0.39, 0.29) is 23.5 Å². The van der Waals surface area contributed by atoms with E-state index < -0.39 is 0 Å². The monoisotopic (exact) mass is 205 g/mol. The first-order chi connectivity index (χ1) is 7.16. The van der Waals surface area contributed by atoms with Gasteiger partial charge in [0.15, 0.2) is 0 Å². The Labute approximate surface area is 86.9 Å². The van der Waals surface area contributed by atoms with Gasteiger partial charge < -0.3 is 5.11 Å². The lowest BCUT2D eigenvalue weighted by Gasteiger charge is -2.20. The lowest BCUT2D eigenvalue weighted by Crippen LogP contribution is -2.39. The minimum Gasteiger partial charge on any atom is -0.508 e. The normalized spacial score (nSPS) is 21.2. The van der Waals surface area contributed by atoms with Crippen molar-refractivity contribution in [1.82, 2.24) is 5.32 Å². The SMILES string of the molecule is O=C1CC[C@@H](c2cccc(O)c2)C(=O)N1. The van der Waals surface area contributed by atoms with Crippen molar-refractivity contribution in [3.63, 3.8) is 0 Å². The van der Waals surface area contributed by atoms with Crippen LogP contribution in [-0.4, -0.2) is 16.9 Å². The number of amides is 2. The largest absolute Gasteiger partial charge is 0.508 e. The van der Waals surface area contributed by atoms with E-state index in [9.17, 15) is 14.7 Å². The molecule has 78 valence electrons. The van der Waals surface area contributed by atoms with Gasteiger partial charge >= 0.3 is 0 Å². The molecule has 2 N–H and O–H groups in total. The third-order valence-corrected chi connectivity index (χ3v) is 2.51. The molecule has 1 atom stereocenters. The number of hydrogen-bond donors (Lipinski definition) is 2. The van der Waals surface area contributed by atoms with Crippen LogP contribution >= 0.6 is 0 Å². The van der Waals surface area contributed by atoms with E-state index in [4.69, 9.17) is 0 Å². The van der Waals surface area contributed by atoms with Gasteiger partial charge in [-0.1, -0.05) is 12.1 Å². The molecule has 1 aromatic rings. The lowest BCUT2D eigenvalue weighted by atomic mass is 9.90. The third-order valence-electron chi connectivity index (χ3n) is 2.51. The summed E-state index contributed by atoms with van der Waals surface area (Å²) in [6.07, 6.45) is 0.861. The molecule has 0 bridgehead atoms. The summed E-state index contributed by atoms with van der Waals surface area (Å²) < 4.78 is 0. The molecule has 1 heterocycles. The Balaban J connectivity index is 2.24. The van der Waals surface area contributed by atoms with Crippen LogP contribution < -0.4 is 5.32 Å². The number of benzene rings is 1. The highest BCUT2D eigenvalue weighted by molar-refractivity contribution is 6.00. The quantitative estimate of drug-likeness (QED) is 0.670. The van der Waals surface area contributed by atoms with Gasteiger partial charge in [-0.3, -0.25) is 14.9 Å². The van der Waals surface area contributed by atoms with Gasteiger partial charge in [0, 0.05) is 6.42 Å². The highest BCUT2D eigenvalue weighted by atomic mass is 16.3. The molecule has 1 saturated heterocycles. The van der Waals surface area contributed by atoms with Crippen molar-refractivity contribution in [2.24, 2.45) is 0 Å². The molecule has 2 rings (SSSR count). The van der Waals surface area contributed by atoms with Gasteiger partial charge in [-0.05, 0) is 24.1 Å². The number of aromatic hydroxyl groups is 1. The van der Waals surface area contributed by atoms with Crippen molar-refractivity contribution in [1.29, 1.82) is 0 Å². The van der Waals surface area contributed by atoms with Gasteiger partial charge in [0.05, 0.1) is 5.92 Å². The molecule has 15 heavy (non-hydrogen) atoms. The summed E-state index contributed by atoms with van der Waals surface area (Å²) in [5.41, 5.74) is 0.750. The van der Waals surface area contributed by atoms with Crippen molar-refractivity contribution in [3.05, 3.63) is 29.8 Å². The molecular weight excluding hydrogens is 194 g/mol. The number of piperidine rings is 1. The lowest BCUT2D eigenvalue weighted by molar-refractivity contribution is -0.134. The Morgan fingerprint density at radius 3 is 2.80 bits per heavy atom. The average molecular weight is 205 g/mol. The molecule has 1 fully saturated rings. The molecule has 0 aliphatic carbocycles. The molecular formula is C11H11NO3. The number of carbonyl (C=O) groups is 2. The van der Waals surface area contributed by atoms with Gasteiger partial charge in [0.1, 0.15) is 5.75 Å². The van der Waals surface area contributed by atoms with Gasteiger partial charge in [-0.25, -0.2) is 0 Å². The predicted molar refractivity (Wildman–Crippen MR) is 53.2 cm³/mol. The second kappa shape index (κ2) is 3.73. The van der Waals surface area contributed by atoms with Crippen molar-refractivity contribution < 1.29 is 14.7 Å². The maximum atomic E-state index is 11.5. The smallest absolute Gasteiger partial charge is 0.234 e. The Kier molecular flexibility index (Phi) is 2.41. The fourth-order valence-corrected chi connectivity index (χ4v) is 1.75. The molecule has 0 radical (unpaired) electrons. The summed E-state index contributed by atoms with van der Waals surface area (Å²) in [5, 5.41) is 11.6. The summed E-state index contributed by atoms with van der Waals surface area (Å²) in [6, 6.07) is 6.57. The van der Waals surface area contributed by atoms with Crippen LogP contribution in [0, 0.1) is 0 Å². The van der Waals surface area contributed by atoms with E-state index in [2.05, 4.69) is 5.32 Å². The van der Waals surface area contributed by atoms with Crippen LogP contribution in [0.15, 0.2) is 24.3 Å². The fourth-order valence-electron chi connectivity index (χ4n) is 1.75. The van der Waals surface area contributed by atoms with Gasteiger partial charge in [-0.2, -0.15) is 0 Å². The first kappa shape index (κ1) is 9.71. The average Bonchev–Trinajstić information content (AvgIpc) is 2.17. The summed E-state index contributed by atoms with van der Waals surface area (Å²) >= 11 is 0. The van der Waals surface area contributed by atoms with E-state index in [0.29, 0.717) is 12.8 Å². The molecule has 0 aromatic heterocycles. The van der Waals surface area contributed by atoms with Crippen LogP contribution in [0.25, 0.3) is 0 Å². The van der Waals surface area contributed by atoms with Crippen molar-refractivity contribution in [3.8, 4) is 5.75 Å². The summed E-state index contributed by atoms with van der Waals surface area (Å²) in [6.45, 7) is 0. The second-order valence-corrected chi connectivity index (χ2v) is 3.60. The summed E-state index contributed by atoms with van der Waals surface area (Å²) in [4.78, 5) is 22.4. The number of phenols is 1. The second-order valence-electron chi connectivity index (χ2n) is 3.60. The number of imide groups is 1. The van der Waals surface area contributed by atoms with E-state index in [1.807, 2.05) is 0 Å². The highest BCUT2D eigenvalue weighted by Crippen LogP contribution is 2.26. The van der Waals surface area contributed by atoms with Gasteiger partial charge in [0.2, 0.25) is 11.8 Å². The van der Waals surface area contributed by atoms with Crippen molar-refractivity contribution in [2.75, 3.05) is 0 Å². The maximum absolute atomic E-state index is 11.5. The molecule has 1 aliphatic heterocycles. The Morgan fingerprint density at radius 1 is 1.33 bits per heavy atom. The molecule has 2 amide bonds. The van der Waals surface area contributed by atoms with E-state index in [0.717, 1.165) is 5.56 Å². The highest BCUT2D eigenvalue weighted by Gasteiger charge is 2.27. The van der Waals surface area contributed by atoms with Gasteiger partial charge in [0.25, 0.3) is 0 Å². The zero-order valence-electron chi connectivity index (χ0n) is 8.06. The van der Waals surface area contributed by atoms with E-state index in [1.54, 1.807) is 24.3 Å². The minimum atomic E-state index is -0.324. The number of nitrogens with one attached hydrogen (secondary N) is 1. The molecule has 1 aliphatic rings. The van der Waals surface area contributed by atoms with Crippen molar-refractivity contribution in [2.45, 2.75) is 18.8 Å². The number of rotatable bonds is 1. The fraction of sp³-hybridized carbons (Fsp3) is 0.273. The number of carbonyl (C=O) groups excluding carboxylic acids is 2. The number of hydrogen-bond acceptors (Lipinski definition) is 3. The van der Waals surface area contributed by atoms with Crippen LogP contribution in [-0.2, 0) is 9.59 Å². The first-order valence-electron chi connectivity index (χ1n) is 4.79. The van der Waals surface area contributed by atoms with Crippen LogP contribution in [0.4, 0.5) is 0 Å². The van der Waals surface area contributed by atoms with Crippen LogP contribution in [0.5, 0.6) is 5.75 Å². The third kappa shape index (κ3) is 1.98. The maximum Gasteiger partial charge on any atom is 0.234 e. The molecule has 0 unspecified atom stereocenters. The summed E-state index contributed by atoms with van der Waals surface area (Å²) in [5.74, 6) is -0.694. The molecule has 0 saturated carbocycles. The van der Waals surface area contributed by atoms with Crippen LogP contribution in [0.2, 0.25) is 0 Å². The zero-order chi connectivity index (χ0) is 10.8. The standard InChI is InChI=1S/C11H11NO3/c13-8-3-1-2-7(6-8)9-4-5-10(14)12-11(9)15/h1-3,6,9,13H,4-5H2,(H,12,14,15)/t9-/m0/s1. The first-order valence-corrected chi connectivity index (χ1v) is 4.79. The van der Waals surface area contributed by atoms with Crippen LogP contribution in [0.3, 0.4) is 0 Å². The molecule has 4 heteroatoms. The Morgan fingerprint density at radius 2 is 2.13 bits per heavy atom. The topological polar surface area (TPSA) is 66.4 Å². The molecule has 0 spiro atoms. The molecule has 4 nitrogen and oxygen atoms in total. The zero-order valence-corrected chi connectivity index (χ0v) is 8.06. The summed E-state index contributed by atoms with van der Waals surface area (Å²) in [7, 11) is 0. The van der Waals surface area contributed by atoms with Gasteiger partial charge in [-0.15, -0.1) is 0 Å². The minimum absolute atomic E-state index is 0.136. The predicted octanol–water partition coefficient (Wildman–Crippen LogP) is 0.912. The van der Waals surface area contributed by atoms with Crippen LogP contribution in [0.1, 0.15) is 24.3 Å². The molecule has 1 aromatic carbocycles.